The van der Waals surface area contributed by atoms with Crippen molar-refractivity contribution in [3.8, 4) is 0 Å². The highest BCUT2D eigenvalue weighted by Crippen LogP contribution is 2.67. The molecule has 2 aliphatic heterocycles. The molecule has 0 spiro atoms. The van der Waals surface area contributed by atoms with Gasteiger partial charge >= 0.3 is 0 Å². The highest BCUT2D eigenvalue weighted by atomic mass is 16.3. The van der Waals surface area contributed by atoms with E-state index < -0.39 is 0 Å². The zero-order valence-corrected chi connectivity index (χ0v) is 19.5. The van der Waals surface area contributed by atoms with Crippen LogP contribution in [-0.4, -0.2) is 46.5 Å². The van der Waals surface area contributed by atoms with Gasteiger partial charge in [-0.1, -0.05) is 20.8 Å². The van der Waals surface area contributed by atoms with Gasteiger partial charge in [-0.15, -0.1) is 0 Å². The van der Waals surface area contributed by atoms with Crippen LogP contribution in [-0.2, 0) is 0 Å². The van der Waals surface area contributed by atoms with E-state index in [2.05, 4.69) is 25.7 Å². The molecule has 6 rings (SSSR count). The molecular formula is C27H45NO2. The first kappa shape index (κ1) is 20.5. The monoisotopic (exact) mass is 415 g/mol. The lowest BCUT2D eigenvalue weighted by Gasteiger charge is -2.56. The van der Waals surface area contributed by atoms with E-state index in [9.17, 15) is 10.2 Å². The number of aliphatic hydroxyl groups excluding tert-OH is 2. The lowest BCUT2D eigenvalue weighted by Crippen LogP contribution is -2.58. The van der Waals surface area contributed by atoms with Crippen molar-refractivity contribution in [2.24, 2.45) is 58.7 Å². The second kappa shape index (κ2) is 7.19. The highest BCUT2D eigenvalue weighted by Gasteiger charge is 2.62. The average Bonchev–Trinajstić information content (AvgIpc) is 3.09. The molecule has 0 amide bonds. The number of nitrogens with zero attached hydrogens (tertiary/aromatic N) is 1. The summed E-state index contributed by atoms with van der Waals surface area (Å²) < 4.78 is 0. The molecule has 0 bridgehead atoms. The maximum atomic E-state index is 11.2. The highest BCUT2D eigenvalue weighted by molar-refractivity contribution is 5.12. The SMILES string of the molecule is C[C@@H]1CC[C@H]2[C@H](C)[C@H]3CC[C@H]4[C@H](C[C@@H]5[C@H]4C[C@H](O)[C@H]4C[C@@H](O)CC[C@]54C)[C@@H]3CN2C1. The van der Waals surface area contributed by atoms with E-state index in [4.69, 9.17) is 0 Å². The van der Waals surface area contributed by atoms with Gasteiger partial charge in [-0.3, -0.25) is 4.90 Å². The number of hydrogen-bond acceptors (Lipinski definition) is 3. The van der Waals surface area contributed by atoms with E-state index in [1.165, 1.54) is 45.2 Å². The molecule has 2 N–H and O–H groups in total. The normalized spacial score (nSPS) is 60.7. The predicted molar refractivity (Wildman–Crippen MR) is 120 cm³/mol. The number of fused-ring (bicyclic) bond motifs is 8. The van der Waals surface area contributed by atoms with Gasteiger partial charge < -0.3 is 10.2 Å². The van der Waals surface area contributed by atoms with E-state index in [-0.39, 0.29) is 17.6 Å². The molecule has 2 heterocycles. The van der Waals surface area contributed by atoms with Crippen LogP contribution in [0.25, 0.3) is 0 Å². The van der Waals surface area contributed by atoms with Gasteiger partial charge in [-0.25, -0.2) is 0 Å². The molecule has 2 saturated heterocycles. The third-order valence-corrected chi connectivity index (χ3v) is 12.0. The summed E-state index contributed by atoms with van der Waals surface area (Å²) >= 11 is 0. The van der Waals surface area contributed by atoms with E-state index in [1.54, 1.807) is 0 Å². The van der Waals surface area contributed by atoms with Crippen LogP contribution in [0.2, 0.25) is 0 Å². The number of piperidine rings is 2. The van der Waals surface area contributed by atoms with Crippen LogP contribution in [0.4, 0.5) is 0 Å². The Kier molecular flexibility index (Phi) is 4.91. The fraction of sp³-hybridized carbons (Fsp3) is 1.00. The minimum absolute atomic E-state index is 0.180. The van der Waals surface area contributed by atoms with Crippen molar-refractivity contribution in [3.63, 3.8) is 0 Å². The average molecular weight is 416 g/mol. The second-order valence-corrected chi connectivity index (χ2v) is 13.1. The molecule has 4 saturated carbocycles. The fourth-order valence-corrected chi connectivity index (χ4v) is 10.6. The van der Waals surface area contributed by atoms with Crippen LogP contribution in [0.15, 0.2) is 0 Å². The summed E-state index contributed by atoms with van der Waals surface area (Å²) in [5.41, 5.74) is 0.261. The van der Waals surface area contributed by atoms with Gasteiger partial charge in [0.15, 0.2) is 0 Å². The van der Waals surface area contributed by atoms with E-state index in [0.717, 1.165) is 79.1 Å². The van der Waals surface area contributed by atoms with E-state index in [0.29, 0.717) is 5.92 Å². The summed E-state index contributed by atoms with van der Waals surface area (Å²) in [5.74, 6) is 7.22. The summed E-state index contributed by atoms with van der Waals surface area (Å²) in [7, 11) is 0. The first-order chi connectivity index (χ1) is 14.4. The lowest BCUT2D eigenvalue weighted by atomic mass is 9.51. The van der Waals surface area contributed by atoms with Crippen molar-refractivity contribution < 1.29 is 10.2 Å². The molecule has 0 aromatic rings. The minimum Gasteiger partial charge on any atom is -0.393 e. The molecule has 0 unspecified atom stereocenters. The largest absolute Gasteiger partial charge is 0.393 e. The molecule has 0 aromatic carbocycles. The Hall–Kier alpha value is -0.120. The summed E-state index contributed by atoms with van der Waals surface area (Å²) in [6, 6.07) is 0.853. The number of hydrogen-bond donors (Lipinski definition) is 2. The number of rotatable bonds is 0. The Balaban J connectivity index is 1.28. The van der Waals surface area contributed by atoms with Gasteiger partial charge in [0.05, 0.1) is 12.2 Å². The first-order valence-electron chi connectivity index (χ1n) is 13.5. The summed E-state index contributed by atoms with van der Waals surface area (Å²) in [4.78, 5) is 2.92. The molecule has 3 nitrogen and oxygen atoms in total. The Morgan fingerprint density at radius 3 is 2.37 bits per heavy atom. The Morgan fingerprint density at radius 2 is 1.53 bits per heavy atom. The summed E-state index contributed by atoms with van der Waals surface area (Å²) in [6.07, 6.45) is 10.7. The van der Waals surface area contributed by atoms with E-state index in [1.807, 2.05) is 0 Å². The molecule has 6 fully saturated rings. The maximum absolute atomic E-state index is 11.2. The standard InChI is InChI=1S/C27H45NO2/c1-15-4-7-25-16(2)18-5-6-19-20(22(18)14-28(25)13-15)11-23-21(19)12-26(30)24-10-17(29)8-9-27(23,24)3/h15-26,29-30H,4-14H2,1-3H3/t15-,16-,17+,18-,19+,20+,21+,22-,23-,24-,25+,26+,27-/m1/s1. The molecule has 6 aliphatic rings. The number of aliphatic hydroxyl groups is 2. The van der Waals surface area contributed by atoms with Crippen molar-refractivity contribution in [3.05, 3.63) is 0 Å². The molecule has 13 atom stereocenters. The molecule has 0 radical (unpaired) electrons. The van der Waals surface area contributed by atoms with Crippen LogP contribution >= 0.6 is 0 Å². The first-order valence-corrected chi connectivity index (χ1v) is 13.5. The Morgan fingerprint density at radius 1 is 0.733 bits per heavy atom. The lowest BCUT2D eigenvalue weighted by molar-refractivity contribution is -0.130. The third kappa shape index (κ3) is 2.86. The smallest absolute Gasteiger partial charge is 0.0577 e. The van der Waals surface area contributed by atoms with Crippen molar-refractivity contribution in [1.29, 1.82) is 0 Å². The zero-order valence-electron chi connectivity index (χ0n) is 19.5. The van der Waals surface area contributed by atoms with Gasteiger partial charge in [0.2, 0.25) is 0 Å². The molecule has 0 aromatic heterocycles. The fourth-order valence-electron chi connectivity index (χ4n) is 10.6. The van der Waals surface area contributed by atoms with Gasteiger partial charge in [-0.2, -0.15) is 0 Å². The van der Waals surface area contributed by atoms with Crippen molar-refractivity contribution in [2.75, 3.05) is 13.1 Å². The van der Waals surface area contributed by atoms with Gasteiger partial charge in [-0.05, 0) is 116 Å². The molecule has 4 aliphatic carbocycles. The van der Waals surface area contributed by atoms with Gasteiger partial charge in [0.25, 0.3) is 0 Å². The van der Waals surface area contributed by atoms with Crippen molar-refractivity contribution >= 4 is 0 Å². The van der Waals surface area contributed by atoms with Crippen LogP contribution in [0.5, 0.6) is 0 Å². The Bertz CT molecular complexity index is 665. The Labute approximate surface area is 184 Å². The van der Waals surface area contributed by atoms with Crippen LogP contribution in [0, 0.1) is 58.7 Å². The van der Waals surface area contributed by atoms with Gasteiger partial charge in [0, 0.05) is 19.1 Å². The second-order valence-electron chi connectivity index (χ2n) is 13.1. The van der Waals surface area contributed by atoms with Crippen molar-refractivity contribution in [1.82, 2.24) is 4.90 Å². The molecular weight excluding hydrogens is 370 g/mol. The molecule has 170 valence electrons. The quantitative estimate of drug-likeness (QED) is 0.609. The van der Waals surface area contributed by atoms with Crippen LogP contribution in [0.1, 0.15) is 78.6 Å². The van der Waals surface area contributed by atoms with Gasteiger partial charge in [0.1, 0.15) is 0 Å². The molecule has 3 heteroatoms. The van der Waals surface area contributed by atoms with E-state index >= 15 is 0 Å². The zero-order chi connectivity index (χ0) is 20.8. The minimum atomic E-state index is -0.181. The molecule has 30 heavy (non-hydrogen) atoms. The van der Waals surface area contributed by atoms with Crippen LogP contribution in [0.3, 0.4) is 0 Å². The maximum Gasteiger partial charge on any atom is 0.0577 e. The summed E-state index contributed by atoms with van der Waals surface area (Å²) in [6.45, 7) is 10.3. The predicted octanol–water partition coefficient (Wildman–Crippen LogP) is 4.56. The summed E-state index contributed by atoms with van der Waals surface area (Å²) in [5, 5.41) is 21.5. The van der Waals surface area contributed by atoms with Crippen LogP contribution < -0.4 is 0 Å². The van der Waals surface area contributed by atoms with Crippen molar-refractivity contribution in [2.45, 2.75) is 96.8 Å². The topological polar surface area (TPSA) is 43.7 Å². The third-order valence-electron chi connectivity index (χ3n) is 12.0.